The molecule has 11 heteroatoms. The Labute approximate surface area is 187 Å². The molecule has 3 N–H and O–H groups in total. The summed E-state index contributed by atoms with van der Waals surface area (Å²) in [5, 5.41) is 9.64. The SMILES string of the molecule is O=S1(=O)CCCC(C=Cc2ccc(N3C=C(O)NS3(=O)=O)c(OCc3ccccc3)c2)N1. The van der Waals surface area contributed by atoms with Crippen molar-refractivity contribution in [1.82, 2.24) is 9.44 Å². The Hall–Kier alpha value is -3.02. The molecule has 170 valence electrons. The predicted molar refractivity (Wildman–Crippen MR) is 121 cm³/mol. The van der Waals surface area contributed by atoms with E-state index < -0.39 is 26.1 Å². The van der Waals surface area contributed by atoms with Crippen LogP contribution in [0.2, 0.25) is 0 Å². The van der Waals surface area contributed by atoms with Crippen LogP contribution in [-0.4, -0.2) is 33.7 Å². The molecule has 1 unspecified atom stereocenters. The number of aliphatic hydroxyl groups excluding tert-OH is 1. The smallest absolute Gasteiger partial charge is 0.330 e. The van der Waals surface area contributed by atoms with Crippen LogP contribution in [-0.2, 0) is 26.8 Å². The number of benzene rings is 2. The Balaban J connectivity index is 1.62. The standard InChI is InChI=1S/C21H23N3O6S2/c25-21-14-24(32(28,29)23-21)19-11-9-16(8-10-18-7-4-12-31(26,27)22-18)13-20(19)30-15-17-5-2-1-3-6-17/h1-3,5-6,8-11,13-14,18,22-23,25H,4,7,12,15H2. The molecule has 1 saturated heterocycles. The molecule has 1 fully saturated rings. The van der Waals surface area contributed by atoms with Gasteiger partial charge in [-0.15, -0.1) is 0 Å². The highest BCUT2D eigenvalue weighted by atomic mass is 32.2. The average molecular weight is 478 g/mol. The van der Waals surface area contributed by atoms with Crippen LogP contribution in [0.1, 0.15) is 24.0 Å². The maximum absolute atomic E-state index is 12.3. The maximum Gasteiger partial charge on any atom is 0.330 e. The minimum Gasteiger partial charge on any atom is -0.493 e. The number of aliphatic hydroxyl groups is 1. The number of anilines is 1. The predicted octanol–water partition coefficient (Wildman–Crippen LogP) is 2.37. The first kappa shape index (κ1) is 22.2. The summed E-state index contributed by atoms with van der Waals surface area (Å²) < 4.78 is 59.7. The minimum atomic E-state index is -3.98. The van der Waals surface area contributed by atoms with Gasteiger partial charge in [-0.3, -0.25) is 0 Å². The van der Waals surface area contributed by atoms with Crippen molar-refractivity contribution in [2.45, 2.75) is 25.5 Å². The number of rotatable bonds is 6. The van der Waals surface area contributed by atoms with Gasteiger partial charge in [0.2, 0.25) is 15.9 Å². The van der Waals surface area contributed by atoms with E-state index in [0.29, 0.717) is 18.4 Å². The van der Waals surface area contributed by atoms with E-state index in [9.17, 15) is 21.9 Å². The van der Waals surface area contributed by atoms with E-state index in [0.717, 1.165) is 16.1 Å². The average Bonchev–Trinajstić information content (AvgIpc) is 3.02. The number of hydrogen-bond acceptors (Lipinski definition) is 6. The highest BCUT2D eigenvalue weighted by Crippen LogP contribution is 2.34. The molecule has 1 atom stereocenters. The summed E-state index contributed by atoms with van der Waals surface area (Å²) in [4.78, 5) is 0. The summed E-state index contributed by atoms with van der Waals surface area (Å²) >= 11 is 0. The Bertz CT molecular complexity index is 1260. The summed E-state index contributed by atoms with van der Waals surface area (Å²) in [6.45, 7) is 0.209. The van der Waals surface area contributed by atoms with Gasteiger partial charge in [-0.2, -0.15) is 8.42 Å². The molecule has 0 spiro atoms. The molecule has 0 radical (unpaired) electrons. The first-order valence-corrected chi connectivity index (χ1v) is 13.0. The Kier molecular flexibility index (Phi) is 6.13. The van der Waals surface area contributed by atoms with Gasteiger partial charge in [0.15, 0.2) is 0 Å². The lowest BCUT2D eigenvalue weighted by molar-refractivity contribution is 0.307. The molecule has 2 aromatic carbocycles. The Morgan fingerprint density at radius 1 is 1.12 bits per heavy atom. The quantitative estimate of drug-likeness (QED) is 0.587. The molecule has 2 heterocycles. The summed E-state index contributed by atoms with van der Waals surface area (Å²) in [5.41, 5.74) is 1.84. The molecule has 9 nitrogen and oxygen atoms in total. The Morgan fingerprint density at radius 2 is 1.91 bits per heavy atom. The van der Waals surface area contributed by atoms with Crippen LogP contribution in [0.4, 0.5) is 5.69 Å². The van der Waals surface area contributed by atoms with Gasteiger partial charge >= 0.3 is 10.2 Å². The molecule has 0 aromatic heterocycles. The third-order valence-corrected chi connectivity index (χ3v) is 7.75. The van der Waals surface area contributed by atoms with Crippen LogP contribution in [0.25, 0.3) is 6.08 Å². The van der Waals surface area contributed by atoms with E-state index in [1.54, 1.807) is 30.4 Å². The zero-order valence-electron chi connectivity index (χ0n) is 17.0. The van der Waals surface area contributed by atoms with Crippen molar-refractivity contribution in [2.24, 2.45) is 0 Å². The second kappa shape index (κ2) is 8.85. The molecule has 2 aromatic rings. The lowest BCUT2D eigenvalue weighted by Gasteiger charge is -2.21. The fourth-order valence-electron chi connectivity index (χ4n) is 3.46. The zero-order chi connectivity index (χ0) is 22.8. The molecular weight excluding hydrogens is 454 g/mol. The second-order valence-corrected chi connectivity index (χ2v) is 10.9. The zero-order valence-corrected chi connectivity index (χ0v) is 18.6. The molecule has 2 aliphatic rings. The fourth-order valence-corrected chi connectivity index (χ4v) is 5.85. The van der Waals surface area contributed by atoms with E-state index >= 15 is 0 Å². The summed E-state index contributed by atoms with van der Waals surface area (Å²) in [6.07, 6.45) is 5.89. The molecule has 2 aliphatic heterocycles. The van der Waals surface area contributed by atoms with Crippen LogP contribution in [0, 0.1) is 0 Å². The van der Waals surface area contributed by atoms with Crippen LogP contribution in [0.3, 0.4) is 0 Å². The third kappa shape index (κ3) is 5.23. The number of nitrogens with one attached hydrogen (secondary N) is 2. The molecule has 32 heavy (non-hydrogen) atoms. The lowest BCUT2D eigenvalue weighted by atomic mass is 10.1. The van der Waals surface area contributed by atoms with Crippen LogP contribution < -0.4 is 18.5 Å². The van der Waals surface area contributed by atoms with Crippen LogP contribution in [0.15, 0.2) is 66.7 Å². The number of hydrogen-bond donors (Lipinski definition) is 3. The fraction of sp³-hybridized carbons (Fsp3) is 0.238. The molecule has 0 bridgehead atoms. The van der Waals surface area contributed by atoms with Gasteiger partial charge in [0.05, 0.1) is 12.0 Å². The van der Waals surface area contributed by atoms with Gasteiger partial charge in [-0.05, 0) is 36.1 Å². The summed E-state index contributed by atoms with van der Waals surface area (Å²) in [7, 11) is -7.24. The third-order valence-electron chi connectivity index (χ3n) is 4.97. The first-order valence-electron chi connectivity index (χ1n) is 9.94. The van der Waals surface area contributed by atoms with Crippen LogP contribution >= 0.6 is 0 Å². The molecule has 4 rings (SSSR count). The Morgan fingerprint density at radius 3 is 2.59 bits per heavy atom. The van der Waals surface area contributed by atoms with Gasteiger partial charge in [0, 0.05) is 6.04 Å². The van der Waals surface area contributed by atoms with Crippen molar-refractivity contribution in [1.29, 1.82) is 0 Å². The molecule has 0 aliphatic carbocycles. The van der Waals surface area contributed by atoms with E-state index in [1.165, 1.54) is 0 Å². The second-order valence-electron chi connectivity index (χ2n) is 7.46. The van der Waals surface area contributed by atoms with Crippen molar-refractivity contribution >= 4 is 32.0 Å². The number of ether oxygens (including phenoxy) is 1. The topological polar surface area (TPSA) is 125 Å². The minimum absolute atomic E-state index is 0.127. The normalized spacial score (nSPS) is 21.8. The lowest BCUT2D eigenvalue weighted by Crippen LogP contribution is -2.39. The van der Waals surface area contributed by atoms with Crippen molar-refractivity contribution in [3.8, 4) is 5.75 Å². The summed E-state index contributed by atoms with van der Waals surface area (Å²) in [6, 6.07) is 14.0. The maximum atomic E-state index is 12.3. The first-order chi connectivity index (χ1) is 15.2. The molecular formula is C21H23N3O6S2. The highest BCUT2D eigenvalue weighted by molar-refractivity contribution is 7.91. The van der Waals surface area contributed by atoms with Crippen LogP contribution in [0.5, 0.6) is 5.75 Å². The van der Waals surface area contributed by atoms with Gasteiger partial charge in [-0.1, -0.05) is 48.6 Å². The molecule has 0 amide bonds. The highest BCUT2D eigenvalue weighted by Gasteiger charge is 2.31. The van der Waals surface area contributed by atoms with E-state index in [4.69, 9.17) is 4.74 Å². The van der Waals surface area contributed by atoms with Crippen molar-refractivity contribution in [2.75, 3.05) is 10.1 Å². The van der Waals surface area contributed by atoms with Gasteiger partial charge in [0.25, 0.3) is 0 Å². The van der Waals surface area contributed by atoms with Gasteiger partial charge < -0.3 is 9.84 Å². The van der Waals surface area contributed by atoms with E-state index in [-0.39, 0.29) is 29.8 Å². The van der Waals surface area contributed by atoms with E-state index in [2.05, 4.69) is 4.72 Å². The number of sulfonamides is 1. The van der Waals surface area contributed by atoms with Gasteiger partial charge in [0.1, 0.15) is 18.0 Å². The van der Waals surface area contributed by atoms with Crippen molar-refractivity contribution in [3.63, 3.8) is 0 Å². The largest absolute Gasteiger partial charge is 0.493 e. The summed E-state index contributed by atoms with van der Waals surface area (Å²) in [5.74, 6) is -0.0773. The number of nitrogens with zero attached hydrogens (tertiary/aromatic N) is 1. The van der Waals surface area contributed by atoms with Gasteiger partial charge in [-0.25, -0.2) is 22.2 Å². The van der Waals surface area contributed by atoms with Crippen molar-refractivity contribution < 1.29 is 26.7 Å². The monoisotopic (exact) mass is 477 g/mol. The molecule has 0 saturated carbocycles. The van der Waals surface area contributed by atoms with E-state index in [1.807, 2.05) is 35.1 Å². The van der Waals surface area contributed by atoms with Crippen molar-refractivity contribution in [3.05, 3.63) is 77.8 Å².